The quantitative estimate of drug-likeness (QED) is 0.389. The second kappa shape index (κ2) is 9.60. The number of ether oxygens (including phenoxy) is 1. The predicted molar refractivity (Wildman–Crippen MR) is 95.4 cm³/mol. The summed E-state index contributed by atoms with van der Waals surface area (Å²) in [5, 5.41) is 10.4. The molecule has 0 atom stereocenters. The van der Waals surface area contributed by atoms with Crippen molar-refractivity contribution < 1.29 is 19.4 Å². The molecular weight excluding hydrogens is 306 g/mol. The van der Waals surface area contributed by atoms with Crippen molar-refractivity contribution in [2.45, 2.75) is 72.1 Å². The molecule has 1 rings (SSSR count). The highest BCUT2D eigenvalue weighted by Crippen LogP contribution is 2.36. The first kappa shape index (κ1) is 20.4. The number of carbonyl (C=O) groups excluding carboxylic acids is 2. The molecule has 0 aromatic carbocycles. The first-order valence-electron chi connectivity index (χ1n) is 8.86. The Hall–Kier alpha value is -1.65. The molecule has 1 aliphatic carbocycles. The fourth-order valence-corrected chi connectivity index (χ4v) is 2.97. The molecule has 0 fully saturated rings. The van der Waals surface area contributed by atoms with Gasteiger partial charge in [-0.15, -0.1) is 0 Å². The number of rotatable bonds is 9. The van der Waals surface area contributed by atoms with E-state index in [4.69, 9.17) is 0 Å². The molecule has 5 heteroatoms. The number of aliphatic imine (C=N–C) groups is 1. The van der Waals surface area contributed by atoms with E-state index in [1.807, 2.05) is 13.8 Å². The van der Waals surface area contributed by atoms with E-state index in [2.05, 4.69) is 16.7 Å². The average molecular weight is 337 g/mol. The highest BCUT2D eigenvalue weighted by Gasteiger charge is 2.35. The summed E-state index contributed by atoms with van der Waals surface area (Å²) in [4.78, 5) is 28.5. The monoisotopic (exact) mass is 337 g/mol. The van der Waals surface area contributed by atoms with Crippen LogP contribution in [0, 0.1) is 5.41 Å². The largest absolute Gasteiger partial charge is 0.511 e. The highest BCUT2D eigenvalue weighted by atomic mass is 16.5. The average Bonchev–Trinajstić information content (AvgIpc) is 2.49. The molecule has 5 nitrogen and oxygen atoms in total. The van der Waals surface area contributed by atoms with Crippen LogP contribution in [0.15, 0.2) is 16.3 Å². The number of esters is 1. The van der Waals surface area contributed by atoms with Crippen LogP contribution in [0.5, 0.6) is 0 Å². The van der Waals surface area contributed by atoms with Crippen molar-refractivity contribution in [3.05, 3.63) is 11.3 Å². The van der Waals surface area contributed by atoms with E-state index in [0.717, 1.165) is 25.7 Å². The fourth-order valence-electron chi connectivity index (χ4n) is 2.97. The first-order valence-corrected chi connectivity index (χ1v) is 8.86. The Bertz CT molecular complexity index is 517. The summed E-state index contributed by atoms with van der Waals surface area (Å²) in [5.74, 6) is -0.313. The molecule has 0 amide bonds. The number of nitrogens with zero attached hydrogens (tertiary/aromatic N) is 1. The molecule has 0 aliphatic heterocycles. The van der Waals surface area contributed by atoms with Crippen molar-refractivity contribution in [3.8, 4) is 0 Å². The van der Waals surface area contributed by atoms with Crippen LogP contribution in [-0.4, -0.2) is 36.2 Å². The number of Topliss-reactive ketones (excluding diaryl/α,β-unsaturated/α-hetero) is 1. The fraction of sp³-hybridized carbons (Fsp3) is 0.737. The molecule has 136 valence electrons. The molecule has 0 heterocycles. The van der Waals surface area contributed by atoms with Crippen LogP contribution in [0.2, 0.25) is 0 Å². The smallest absolute Gasteiger partial charge is 0.305 e. The molecular formula is C19H31NO4. The van der Waals surface area contributed by atoms with Crippen LogP contribution in [-0.2, 0) is 14.3 Å². The lowest BCUT2D eigenvalue weighted by Crippen LogP contribution is -2.29. The van der Waals surface area contributed by atoms with E-state index in [0.29, 0.717) is 37.1 Å². The molecule has 1 aliphatic rings. The molecule has 24 heavy (non-hydrogen) atoms. The van der Waals surface area contributed by atoms with Gasteiger partial charge in [-0.1, -0.05) is 40.0 Å². The van der Waals surface area contributed by atoms with E-state index in [-0.39, 0.29) is 29.3 Å². The van der Waals surface area contributed by atoms with Gasteiger partial charge in [0.15, 0.2) is 5.78 Å². The van der Waals surface area contributed by atoms with Crippen molar-refractivity contribution in [3.63, 3.8) is 0 Å². The summed E-state index contributed by atoms with van der Waals surface area (Å²) >= 11 is 0. The molecule has 0 bridgehead atoms. The van der Waals surface area contributed by atoms with Crippen LogP contribution in [0.1, 0.15) is 72.1 Å². The lowest BCUT2D eigenvalue weighted by molar-refractivity contribution is -0.140. The SMILES string of the molecule is CCCCCCN=C(CCC(=O)OC)C1=C(O)CC(C)(C)CC1=O. The van der Waals surface area contributed by atoms with Gasteiger partial charge in [-0.25, -0.2) is 0 Å². The molecule has 0 radical (unpaired) electrons. The maximum atomic E-state index is 12.5. The molecule has 0 aromatic heterocycles. The van der Waals surface area contributed by atoms with Crippen LogP contribution in [0.3, 0.4) is 0 Å². The Morgan fingerprint density at radius 2 is 1.92 bits per heavy atom. The van der Waals surface area contributed by atoms with Crippen molar-refractivity contribution in [2.24, 2.45) is 10.4 Å². The molecule has 0 aromatic rings. The number of carbonyl (C=O) groups is 2. The number of methoxy groups -OCH3 is 1. The zero-order chi connectivity index (χ0) is 18.2. The third kappa shape index (κ3) is 6.46. The lowest BCUT2D eigenvalue weighted by Gasteiger charge is -2.30. The van der Waals surface area contributed by atoms with Gasteiger partial charge in [-0.05, 0) is 11.8 Å². The highest BCUT2D eigenvalue weighted by molar-refractivity contribution is 6.23. The Kier molecular flexibility index (Phi) is 8.16. The van der Waals surface area contributed by atoms with Crippen LogP contribution in [0.25, 0.3) is 0 Å². The summed E-state index contributed by atoms with van der Waals surface area (Å²) in [6.07, 6.45) is 5.69. The minimum Gasteiger partial charge on any atom is -0.511 e. The summed E-state index contributed by atoms with van der Waals surface area (Å²) in [6, 6.07) is 0. The van der Waals surface area contributed by atoms with E-state index in [9.17, 15) is 14.7 Å². The standard InChI is InChI=1S/C19H31NO4/c1-5-6-7-8-11-20-14(9-10-17(23)24-4)18-15(21)12-19(2,3)13-16(18)22/h21H,5-13H2,1-4H3. The summed E-state index contributed by atoms with van der Waals surface area (Å²) in [5.41, 5.74) is 0.641. The van der Waals surface area contributed by atoms with Gasteiger partial charge in [0.05, 0.1) is 19.1 Å². The number of ketones is 1. The summed E-state index contributed by atoms with van der Waals surface area (Å²) in [7, 11) is 1.34. The topological polar surface area (TPSA) is 76.0 Å². The first-order chi connectivity index (χ1) is 11.3. The van der Waals surface area contributed by atoms with Gasteiger partial charge in [0, 0.05) is 31.5 Å². The van der Waals surface area contributed by atoms with Gasteiger partial charge in [0.2, 0.25) is 0 Å². The van der Waals surface area contributed by atoms with Crippen molar-refractivity contribution >= 4 is 17.5 Å². The number of allylic oxidation sites excluding steroid dienone is 2. The summed E-state index contributed by atoms with van der Waals surface area (Å²) in [6.45, 7) is 6.70. The van der Waals surface area contributed by atoms with Crippen molar-refractivity contribution in [1.29, 1.82) is 0 Å². The van der Waals surface area contributed by atoms with Crippen LogP contribution in [0.4, 0.5) is 0 Å². The van der Waals surface area contributed by atoms with Gasteiger partial charge in [0.25, 0.3) is 0 Å². The number of hydrogen-bond acceptors (Lipinski definition) is 5. The summed E-state index contributed by atoms with van der Waals surface area (Å²) < 4.78 is 4.67. The van der Waals surface area contributed by atoms with Gasteiger partial charge in [-0.3, -0.25) is 14.6 Å². The molecule has 0 saturated carbocycles. The number of hydrogen-bond donors (Lipinski definition) is 1. The normalized spacial score (nSPS) is 18.0. The number of aliphatic hydroxyl groups is 1. The predicted octanol–water partition coefficient (Wildman–Crippen LogP) is 4.16. The van der Waals surface area contributed by atoms with E-state index in [1.165, 1.54) is 7.11 Å². The maximum absolute atomic E-state index is 12.5. The maximum Gasteiger partial charge on any atom is 0.305 e. The van der Waals surface area contributed by atoms with Gasteiger partial charge >= 0.3 is 5.97 Å². The van der Waals surface area contributed by atoms with Gasteiger partial charge in [0.1, 0.15) is 5.76 Å². The Morgan fingerprint density at radius 3 is 2.50 bits per heavy atom. The van der Waals surface area contributed by atoms with Crippen LogP contribution >= 0.6 is 0 Å². The minimum absolute atomic E-state index is 0.0825. The van der Waals surface area contributed by atoms with Gasteiger partial charge < -0.3 is 9.84 Å². The zero-order valence-corrected chi connectivity index (χ0v) is 15.5. The second-order valence-electron chi connectivity index (χ2n) is 7.23. The molecule has 0 spiro atoms. The third-order valence-corrected chi connectivity index (χ3v) is 4.25. The zero-order valence-electron chi connectivity index (χ0n) is 15.5. The van der Waals surface area contributed by atoms with E-state index in [1.54, 1.807) is 0 Å². The lowest BCUT2D eigenvalue weighted by atomic mass is 9.75. The minimum atomic E-state index is -0.336. The number of unbranched alkanes of at least 4 members (excludes halogenated alkanes) is 3. The van der Waals surface area contributed by atoms with E-state index >= 15 is 0 Å². The van der Waals surface area contributed by atoms with Crippen LogP contribution < -0.4 is 0 Å². The Balaban J connectivity index is 2.92. The Labute approximate surface area is 145 Å². The Morgan fingerprint density at radius 1 is 1.21 bits per heavy atom. The molecule has 1 N–H and O–H groups in total. The van der Waals surface area contributed by atoms with Crippen molar-refractivity contribution in [1.82, 2.24) is 0 Å². The third-order valence-electron chi connectivity index (χ3n) is 4.25. The molecule has 0 saturated heterocycles. The number of aliphatic hydroxyl groups excluding tert-OH is 1. The van der Waals surface area contributed by atoms with Crippen molar-refractivity contribution in [2.75, 3.05) is 13.7 Å². The van der Waals surface area contributed by atoms with E-state index < -0.39 is 0 Å². The molecule has 0 unspecified atom stereocenters. The van der Waals surface area contributed by atoms with Gasteiger partial charge in [-0.2, -0.15) is 0 Å². The second-order valence-corrected chi connectivity index (χ2v) is 7.23.